The minimum absolute atomic E-state index is 0.426. The van der Waals surface area contributed by atoms with Gasteiger partial charge in [-0.25, -0.2) is 0 Å². The molecule has 0 saturated heterocycles. The molecule has 2 nitrogen and oxygen atoms in total. The van der Waals surface area contributed by atoms with E-state index in [9.17, 15) is 0 Å². The molecule has 4 aromatic carbocycles. The van der Waals surface area contributed by atoms with Crippen molar-refractivity contribution < 1.29 is 4.42 Å². The fraction of sp³-hybridized carbons (Fsp3) is 0.415. The van der Waals surface area contributed by atoms with Crippen molar-refractivity contribution in [2.24, 2.45) is 29.6 Å². The van der Waals surface area contributed by atoms with Crippen molar-refractivity contribution in [1.29, 1.82) is 0 Å². The normalized spacial score (nSPS) is 32.3. The topological polar surface area (TPSA) is 16.4 Å². The van der Waals surface area contributed by atoms with Gasteiger partial charge in [0.25, 0.3) is 0 Å². The predicted octanol–water partition coefficient (Wildman–Crippen LogP) is 11.4. The zero-order valence-electron chi connectivity index (χ0n) is 25.1. The SMILES string of the molecule is c1ccc2c(c1)oc1ccc(N(c3ccc(C4CC5CCC4C5)cc3)c3ccc(C45CC6CC(CC(C6)C4)C5)cc3)cc12. The van der Waals surface area contributed by atoms with Crippen molar-refractivity contribution >= 4 is 39.0 Å². The molecule has 11 rings (SSSR count). The molecule has 1 heterocycles. The molecule has 1 aromatic heterocycles. The van der Waals surface area contributed by atoms with Gasteiger partial charge < -0.3 is 9.32 Å². The van der Waals surface area contributed by atoms with Crippen LogP contribution in [0.15, 0.2) is 95.4 Å². The van der Waals surface area contributed by atoms with Gasteiger partial charge in [-0.3, -0.25) is 0 Å². The first-order chi connectivity index (χ1) is 21.2. The standard InChI is InChI=1S/C41H41NO/c1-2-4-39-36(3-1)38-22-35(15-16-40(38)43-39)42(33-11-7-30(8-12-33)37-21-26-5-6-31(37)20-26)34-13-9-32(10-14-34)41-23-27-17-28(24-41)19-29(18-27)25-41/h1-4,7-16,22,26-29,31,37H,5-6,17-21,23-25H2. The van der Waals surface area contributed by atoms with Crippen LogP contribution in [0.25, 0.3) is 21.9 Å². The average molecular weight is 564 g/mol. The van der Waals surface area contributed by atoms with Gasteiger partial charge in [0.2, 0.25) is 0 Å². The van der Waals surface area contributed by atoms with E-state index in [2.05, 4.69) is 95.9 Å². The van der Waals surface area contributed by atoms with Crippen molar-refractivity contribution in [1.82, 2.24) is 0 Å². The Morgan fingerprint density at radius 2 is 1.21 bits per heavy atom. The molecule has 6 bridgehead atoms. The maximum atomic E-state index is 6.21. The Balaban J connectivity index is 1.05. The number of hydrogen-bond donors (Lipinski definition) is 0. The molecule has 216 valence electrons. The van der Waals surface area contributed by atoms with E-state index in [1.54, 1.807) is 11.1 Å². The quantitative estimate of drug-likeness (QED) is 0.211. The lowest BCUT2D eigenvalue weighted by molar-refractivity contribution is -0.00518. The van der Waals surface area contributed by atoms with Crippen molar-refractivity contribution in [3.63, 3.8) is 0 Å². The summed E-state index contributed by atoms with van der Waals surface area (Å²) in [6.45, 7) is 0. The summed E-state index contributed by atoms with van der Waals surface area (Å²) >= 11 is 0. The molecule has 2 heteroatoms. The van der Waals surface area contributed by atoms with Crippen LogP contribution in [0.5, 0.6) is 0 Å². The maximum absolute atomic E-state index is 6.21. The number of fused-ring (bicyclic) bond motifs is 5. The highest BCUT2D eigenvalue weighted by Gasteiger charge is 2.51. The van der Waals surface area contributed by atoms with E-state index in [0.29, 0.717) is 5.41 Å². The van der Waals surface area contributed by atoms with Crippen molar-refractivity contribution in [3.8, 4) is 0 Å². The second-order valence-electron chi connectivity index (χ2n) is 15.2. The second-order valence-corrected chi connectivity index (χ2v) is 15.2. The van der Waals surface area contributed by atoms with Crippen LogP contribution in [-0.4, -0.2) is 0 Å². The molecule has 5 aromatic rings. The van der Waals surface area contributed by atoms with Gasteiger partial charge in [-0.05, 0) is 158 Å². The minimum atomic E-state index is 0.426. The minimum Gasteiger partial charge on any atom is -0.456 e. The molecule has 6 aliphatic carbocycles. The summed E-state index contributed by atoms with van der Waals surface area (Å²) < 4.78 is 6.21. The van der Waals surface area contributed by atoms with Crippen LogP contribution in [-0.2, 0) is 5.41 Å². The van der Waals surface area contributed by atoms with E-state index >= 15 is 0 Å². The maximum Gasteiger partial charge on any atom is 0.135 e. The molecule has 6 saturated carbocycles. The molecule has 43 heavy (non-hydrogen) atoms. The third kappa shape index (κ3) is 3.91. The number of hydrogen-bond acceptors (Lipinski definition) is 2. The third-order valence-corrected chi connectivity index (χ3v) is 12.7. The van der Waals surface area contributed by atoms with E-state index < -0.39 is 0 Å². The van der Waals surface area contributed by atoms with Crippen LogP contribution in [0.3, 0.4) is 0 Å². The lowest BCUT2D eigenvalue weighted by atomic mass is 9.48. The summed E-state index contributed by atoms with van der Waals surface area (Å²) in [5, 5.41) is 2.37. The zero-order chi connectivity index (χ0) is 28.1. The van der Waals surface area contributed by atoms with Crippen LogP contribution in [0.2, 0.25) is 0 Å². The average Bonchev–Trinajstić information content (AvgIpc) is 3.76. The zero-order valence-corrected chi connectivity index (χ0v) is 25.1. The first-order valence-electron chi connectivity index (χ1n) is 17.1. The van der Waals surface area contributed by atoms with Gasteiger partial charge in [0.05, 0.1) is 0 Å². The van der Waals surface area contributed by atoms with Crippen molar-refractivity contribution in [2.75, 3.05) is 4.90 Å². The van der Waals surface area contributed by atoms with Crippen LogP contribution < -0.4 is 4.90 Å². The Bertz CT molecular complexity index is 1790. The van der Waals surface area contributed by atoms with Gasteiger partial charge in [-0.2, -0.15) is 0 Å². The first kappa shape index (κ1) is 24.9. The van der Waals surface area contributed by atoms with E-state index in [4.69, 9.17) is 4.42 Å². The van der Waals surface area contributed by atoms with Crippen LogP contribution in [0, 0.1) is 29.6 Å². The summed E-state index contributed by atoms with van der Waals surface area (Å²) in [6, 6.07) is 34.6. The summed E-state index contributed by atoms with van der Waals surface area (Å²) in [7, 11) is 0. The fourth-order valence-corrected chi connectivity index (χ4v) is 11.3. The van der Waals surface area contributed by atoms with Gasteiger partial charge in [0.1, 0.15) is 11.2 Å². The summed E-state index contributed by atoms with van der Waals surface area (Å²) in [5.41, 5.74) is 9.14. The second kappa shape index (κ2) is 9.24. The van der Waals surface area contributed by atoms with Crippen molar-refractivity contribution in [2.45, 2.75) is 75.5 Å². The third-order valence-electron chi connectivity index (χ3n) is 12.7. The molecule has 3 unspecified atom stereocenters. The highest BCUT2D eigenvalue weighted by Crippen LogP contribution is 2.61. The van der Waals surface area contributed by atoms with Gasteiger partial charge in [-0.15, -0.1) is 0 Å². The fourth-order valence-electron chi connectivity index (χ4n) is 11.3. The molecular formula is C41H41NO. The van der Waals surface area contributed by atoms with Gasteiger partial charge in [-0.1, -0.05) is 48.9 Å². The van der Waals surface area contributed by atoms with Crippen LogP contribution >= 0.6 is 0 Å². The highest BCUT2D eigenvalue weighted by molar-refractivity contribution is 6.06. The van der Waals surface area contributed by atoms with Gasteiger partial charge in [0.15, 0.2) is 0 Å². The van der Waals surface area contributed by atoms with E-state index in [0.717, 1.165) is 46.7 Å². The summed E-state index contributed by atoms with van der Waals surface area (Å²) in [5.74, 6) is 5.53. The summed E-state index contributed by atoms with van der Waals surface area (Å²) in [4.78, 5) is 2.47. The number of nitrogens with zero attached hydrogens (tertiary/aromatic N) is 1. The van der Waals surface area contributed by atoms with E-state index in [1.165, 1.54) is 92.0 Å². The molecule has 0 aliphatic heterocycles. The lowest BCUT2D eigenvalue weighted by Crippen LogP contribution is -2.48. The molecule has 0 N–H and O–H groups in total. The number of furan rings is 1. The number of para-hydroxylation sites is 1. The molecule has 3 atom stereocenters. The Morgan fingerprint density at radius 1 is 0.558 bits per heavy atom. The Hall–Kier alpha value is -3.52. The van der Waals surface area contributed by atoms with Gasteiger partial charge >= 0.3 is 0 Å². The van der Waals surface area contributed by atoms with Gasteiger partial charge in [0, 0.05) is 27.8 Å². The van der Waals surface area contributed by atoms with Crippen LogP contribution in [0.1, 0.15) is 81.3 Å². The van der Waals surface area contributed by atoms with E-state index in [1.807, 2.05) is 0 Å². The predicted molar refractivity (Wildman–Crippen MR) is 176 cm³/mol. The van der Waals surface area contributed by atoms with E-state index in [-0.39, 0.29) is 0 Å². The largest absolute Gasteiger partial charge is 0.456 e. The number of rotatable bonds is 5. The first-order valence-corrected chi connectivity index (χ1v) is 17.1. The molecule has 0 radical (unpaired) electrons. The molecule has 0 amide bonds. The number of anilines is 3. The lowest BCUT2D eigenvalue weighted by Gasteiger charge is -2.57. The van der Waals surface area contributed by atoms with Crippen molar-refractivity contribution in [3.05, 3.63) is 102 Å². The molecule has 0 spiro atoms. The summed E-state index contributed by atoms with van der Waals surface area (Å²) in [6.07, 6.45) is 14.5. The molecule has 6 aliphatic rings. The molecular weight excluding hydrogens is 522 g/mol. The smallest absolute Gasteiger partial charge is 0.135 e. The highest BCUT2D eigenvalue weighted by atomic mass is 16.3. The Kier molecular flexibility index (Phi) is 5.35. The number of benzene rings is 4. The van der Waals surface area contributed by atoms with Crippen LogP contribution in [0.4, 0.5) is 17.1 Å². The Labute approximate surface area is 255 Å². The molecule has 6 fully saturated rings. The monoisotopic (exact) mass is 563 g/mol. The Morgan fingerprint density at radius 3 is 1.88 bits per heavy atom.